The van der Waals surface area contributed by atoms with Crippen LogP contribution >= 0.6 is 34.7 Å². The molecule has 0 bridgehead atoms. The van der Waals surface area contributed by atoms with Crippen LogP contribution in [0.5, 0.6) is 0 Å². The first-order valence-electron chi connectivity index (χ1n) is 6.36. The summed E-state index contributed by atoms with van der Waals surface area (Å²) >= 11 is 12.8. The van der Waals surface area contributed by atoms with Crippen LogP contribution in [-0.2, 0) is 6.42 Å². The Kier molecular flexibility index (Phi) is 3.96. The third-order valence-electron chi connectivity index (χ3n) is 3.49. The van der Waals surface area contributed by atoms with Gasteiger partial charge in [-0.3, -0.25) is 4.79 Å². The maximum Gasteiger partial charge on any atom is 0.273 e. The van der Waals surface area contributed by atoms with Gasteiger partial charge in [-0.05, 0) is 41.9 Å². The smallest absolute Gasteiger partial charge is 0.273 e. The number of fused-ring (bicyclic) bond motifs is 1. The highest BCUT2D eigenvalue weighted by Gasteiger charge is 2.24. The molecule has 1 heterocycles. The normalized spacial score (nSPS) is 17.6. The van der Waals surface area contributed by atoms with Gasteiger partial charge in [0.15, 0.2) is 5.69 Å². The summed E-state index contributed by atoms with van der Waals surface area (Å²) in [5, 5.41) is 3.24. The highest BCUT2D eigenvalue weighted by atomic mass is 35.5. The first kappa shape index (κ1) is 13.9. The molecule has 1 unspecified atom stereocenters. The van der Waals surface area contributed by atoms with Gasteiger partial charge in [-0.15, -0.1) is 0 Å². The van der Waals surface area contributed by atoms with Crippen molar-refractivity contribution in [2.24, 2.45) is 0 Å². The summed E-state index contributed by atoms with van der Waals surface area (Å²) in [5.41, 5.74) is 2.70. The molecule has 1 amide bonds. The monoisotopic (exact) mass is 326 g/mol. The summed E-state index contributed by atoms with van der Waals surface area (Å²) < 4.78 is 4.35. The lowest BCUT2D eigenvalue weighted by molar-refractivity contribution is 0.0929. The van der Waals surface area contributed by atoms with E-state index in [1.165, 1.54) is 11.1 Å². The second-order valence-corrected chi connectivity index (χ2v) is 6.49. The Morgan fingerprint density at radius 3 is 2.90 bits per heavy atom. The van der Waals surface area contributed by atoms with E-state index in [2.05, 4.69) is 21.8 Å². The van der Waals surface area contributed by atoms with E-state index in [0.29, 0.717) is 4.34 Å². The van der Waals surface area contributed by atoms with Crippen molar-refractivity contribution in [1.29, 1.82) is 0 Å². The summed E-state index contributed by atoms with van der Waals surface area (Å²) in [7, 11) is 0. The van der Waals surface area contributed by atoms with Crippen molar-refractivity contribution < 1.29 is 4.79 Å². The SMILES string of the molecule is O=C(NC1CCCc2ccccc21)c1nsc(Cl)c1Cl. The molecule has 1 aliphatic rings. The lowest BCUT2D eigenvalue weighted by atomic mass is 9.88. The van der Waals surface area contributed by atoms with Gasteiger partial charge in [0, 0.05) is 0 Å². The molecule has 3 nitrogen and oxygen atoms in total. The summed E-state index contributed by atoms with van der Waals surface area (Å²) in [6.07, 6.45) is 3.05. The summed E-state index contributed by atoms with van der Waals surface area (Å²) in [6, 6.07) is 8.22. The third kappa shape index (κ3) is 2.55. The van der Waals surface area contributed by atoms with E-state index < -0.39 is 0 Å². The number of aromatic nitrogens is 1. The fourth-order valence-corrected chi connectivity index (χ4v) is 3.53. The predicted molar refractivity (Wildman–Crippen MR) is 81.7 cm³/mol. The van der Waals surface area contributed by atoms with Crippen molar-refractivity contribution in [2.75, 3.05) is 0 Å². The van der Waals surface area contributed by atoms with Crippen molar-refractivity contribution in [3.8, 4) is 0 Å². The van der Waals surface area contributed by atoms with Gasteiger partial charge in [0.05, 0.1) is 6.04 Å². The molecule has 2 aromatic rings. The molecule has 20 heavy (non-hydrogen) atoms. The molecule has 0 aliphatic heterocycles. The van der Waals surface area contributed by atoms with E-state index in [1.54, 1.807) is 0 Å². The Bertz CT molecular complexity index is 656. The van der Waals surface area contributed by atoms with Crippen molar-refractivity contribution >= 4 is 40.6 Å². The summed E-state index contributed by atoms with van der Waals surface area (Å²) in [4.78, 5) is 12.2. The second kappa shape index (κ2) is 5.72. The molecule has 1 aromatic heterocycles. The Labute approximate surface area is 131 Å². The lowest BCUT2D eigenvalue weighted by Gasteiger charge is -2.26. The molecule has 0 fully saturated rings. The van der Waals surface area contributed by atoms with Gasteiger partial charge in [0.25, 0.3) is 5.91 Å². The van der Waals surface area contributed by atoms with E-state index in [0.717, 1.165) is 30.8 Å². The van der Waals surface area contributed by atoms with Crippen LogP contribution in [-0.4, -0.2) is 10.3 Å². The molecule has 1 aliphatic carbocycles. The van der Waals surface area contributed by atoms with Gasteiger partial charge in [-0.25, -0.2) is 0 Å². The summed E-state index contributed by atoms with van der Waals surface area (Å²) in [6.45, 7) is 0. The van der Waals surface area contributed by atoms with Crippen LogP contribution in [0, 0.1) is 0 Å². The predicted octanol–water partition coefficient (Wildman–Crippen LogP) is 4.26. The standard InChI is InChI=1S/C14H12Cl2N2OS/c15-11-12(18-20-13(11)16)14(19)17-10-7-3-5-8-4-1-2-6-9(8)10/h1-2,4,6,10H,3,5,7H2,(H,17,19). The van der Waals surface area contributed by atoms with E-state index in [-0.39, 0.29) is 22.7 Å². The first-order valence-corrected chi connectivity index (χ1v) is 7.89. The maximum atomic E-state index is 12.2. The fraction of sp³-hybridized carbons (Fsp3) is 0.286. The van der Waals surface area contributed by atoms with Crippen LogP contribution in [0.25, 0.3) is 0 Å². The zero-order valence-electron chi connectivity index (χ0n) is 10.5. The molecule has 0 saturated heterocycles. The minimum absolute atomic E-state index is 0.0176. The van der Waals surface area contributed by atoms with Crippen molar-refractivity contribution in [3.63, 3.8) is 0 Å². The molecule has 0 spiro atoms. The topological polar surface area (TPSA) is 42.0 Å². The zero-order valence-corrected chi connectivity index (χ0v) is 12.9. The highest BCUT2D eigenvalue weighted by Crippen LogP contribution is 2.32. The number of carbonyl (C=O) groups is 1. The second-order valence-electron chi connectivity index (χ2n) is 4.74. The number of carbonyl (C=O) groups excluding carboxylic acids is 1. The number of nitrogens with one attached hydrogen (secondary N) is 1. The highest BCUT2D eigenvalue weighted by molar-refractivity contribution is 7.11. The van der Waals surface area contributed by atoms with Crippen LogP contribution in [0.15, 0.2) is 24.3 Å². The molecular weight excluding hydrogens is 315 g/mol. The molecular formula is C14H12Cl2N2OS. The van der Waals surface area contributed by atoms with Crippen molar-refractivity contribution in [1.82, 2.24) is 9.69 Å². The van der Waals surface area contributed by atoms with E-state index in [4.69, 9.17) is 23.2 Å². The summed E-state index contributed by atoms with van der Waals surface area (Å²) in [5.74, 6) is -0.264. The third-order valence-corrected chi connectivity index (χ3v) is 5.10. The molecule has 0 radical (unpaired) electrons. The van der Waals surface area contributed by atoms with Crippen molar-refractivity contribution in [3.05, 3.63) is 50.4 Å². The number of aryl methyl sites for hydroxylation is 1. The van der Waals surface area contributed by atoms with Gasteiger partial charge >= 0.3 is 0 Å². The molecule has 1 atom stereocenters. The number of amides is 1. The van der Waals surface area contributed by atoms with Crippen LogP contribution in [0.2, 0.25) is 9.36 Å². The van der Waals surface area contributed by atoms with Gasteiger partial charge in [0.1, 0.15) is 9.36 Å². The number of hydrogen-bond donors (Lipinski definition) is 1. The number of hydrogen-bond acceptors (Lipinski definition) is 3. The Balaban J connectivity index is 1.82. The molecule has 6 heteroatoms. The van der Waals surface area contributed by atoms with Gasteiger partial charge < -0.3 is 5.32 Å². The fourth-order valence-electron chi connectivity index (χ4n) is 2.53. The van der Waals surface area contributed by atoms with Crippen LogP contribution in [0.4, 0.5) is 0 Å². The van der Waals surface area contributed by atoms with Gasteiger partial charge in [-0.1, -0.05) is 47.5 Å². The van der Waals surface area contributed by atoms with Crippen LogP contribution < -0.4 is 5.32 Å². The first-order chi connectivity index (χ1) is 9.66. The minimum Gasteiger partial charge on any atom is -0.344 e. The molecule has 104 valence electrons. The van der Waals surface area contributed by atoms with Crippen molar-refractivity contribution in [2.45, 2.75) is 25.3 Å². The van der Waals surface area contributed by atoms with Gasteiger partial charge in [-0.2, -0.15) is 4.37 Å². The average molecular weight is 327 g/mol. The van der Waals surface area contributed by atoms with Gasteiger partial charge in [0.2, 0.25) is 0 Å². The van der Waals surface area contributed by atoms with E-state index >= 15 is 0 Å². The minimum atomic E-state index is -0.264. The molecule has 0 saturated carbocycles. The number of halogens is 2. The van der Waals surface area contributed by atoms with E-state index in [9.17, 15) is 4.79 Å². The zero-order chi connectivity index (χ0) is 14.1. The molecule has 1 aromatic carbocycles. The number of benzene rings is 1. The number of rotatable bonds is 2. The van der Waals surface area contributed by atoms with Crippen LogP contribution in [0.3, 0.4) is 0 Å². The average Bonchev–Trinajstić information content (AvgIpc) is 2.79. The quantitative estimate of drug-likeness (QED) is 0.895. The van der Waals surface area contributed by atoms with E-state index in [1.807, 2.05) is 12.1 Å². The number of nitrogens with zero attached hydrogens (tertiary/aromatic N) is 1. The molecule has 3 rings (SSSR count). The molecule has 1 N–H and O–H groups in total. The largest absolute Gasteiger partial charge is 0.344 e. The lowest BCUT2D eigenvalue weighted by Crippen LogP contribution is -2.31. The Morgan fingerprint density at radius 1 is 1.35 bits per heavy atom. The maximum absolute atomic E-state index is 12.2. The van der Waals surface area contributed by atoms with Crippen LogP contribution in [0.1, 0.15) is 40.5 Å². The Hall–Kier alpha value is -1.10. The Morgan fingerprint density at radius 2 is 2.15 bits per heavy atom.